The minimum atomic E-state index is -3.99. The second kappa shape index (κ2) is 11.8. The highest BCUT2D eigenvalue weighted by Crippen LogP contribution is 2.27. The number of amides is 1. The van der Waals surface area contributed by atoms with Crippen LogP contribution in [-0.2, 0) is 14.8 Å². The second-order valence-electron chi connectivity index (χ2n) is 8.55. The lowest BCUT2D eigenvalue weighted by atomic mass is 9.97. The van der Waals surface area contributed by atoms with E-state index >= 15 is 0 Å². The number of nitrogens with one attached hydrogen (secondary N) is 1. The van der Waals surface area contributed by atoms with Gasteiger partial charge in [-0.1, -0.05) is 44.2 Å². The van der Waals surface area contributed by atoms with Gasteiger partial charge >= 0.3 is 0 Å². The number of hydrogen-bond donors (Lipinski definition) is 1. The topological polar surface area (TPSA) is 84.9 Å². The van der Waals surface area contributed by atoms with Crippen LogP contribution in [0, 0.1) is 5.92 Å². The second-order valence-corrected chi connectivity index (χ2v) is 10.4. The molecular formula is C27H32N2O5S. The van der Waals surface area contributed by atoms with Crippen LogP contribution in [0.2, 0.25) is 0 Å². The van der Waals surface area contributed by atoms with Crippen molar-refractivity contribution >= 4 is 21.6 Å². The lowest BCUT2D eigenvalue weighted by molar-refractivity contribution is -0.120. The van der Waals surface area contributed by atoms with Crippen LogP contribution in [0.3, 0.4) is 0 Å². The molecule has 0 fully saturated rings. The van der Waals surface area contributed by atoms with Crippen molar-refractivity contribution in [1.82, 2.24) is 5.32 Å². The van der Waals surface area contributed by atoms with Crippen molar-refractivity contribution in [3.05, 3.63) is 84.4 Å². The molecule has 1 amide bonds. The van der Waals surface area contributed by atoms with Crippen molar-refractivity contribution in [2.75, 3.05) is 25.1 Å². The summed E-state index contributed by atoms with van der Waals surface area (Å²) in [4.78, 5) is 13.4. The van der Waals surface area contributed by atoms with E-state index in [9.17, 15) is 13.2 Å². The fourth-order valence-electron chi connectivity index (χ4n) is 3.74. The Balaban J connectivity index is 1.90. The normalized spacial score (nSPS) is 12.1. The molecule has 0 saturated heterocycles. The molecular weight excluding hydrogens is 464 g/mol. The van der Waals surface area contributed by atoms with Gasteiger partial charge in [-0.3, -0.25) is 9.10 Å². The maximum Gasteiger partial charge on any atom is 0.264 e. The molecule has 0 saturated carbocycles. The van der Waals surface area contributed by atoms with Crippen molar-refractivity contribution in [2.24, 2.45) is 5.92 Å². The fourth-order valence-corrected chi connectivity index (χ4v) is 5.18. The van der Waals surface area contributed by atoms with E-state index in [4.69, 9.17) is 9.47 Å². The number of hydrogen-bond acceptors (Lipinski definition) is 5. The number of sulfonamides is 1. The van der Waals surface area contributed by atoms with Crippen molar-refractivity contribution in [2.45, 2.75) is 31.2 Å². The monoisotopic (exact) mass is 496 g/mol. The van der Waals surface area contributed by atoms with E-state index in [1.165, 1.54) is 19.2 Å². The molecule has 186 valence electrons. The quantitative estimate of drug-likeness (QED) is 0.412. The van der Waals surface area contributed by atoms with Gasteiger partial charge in [0, 0.05) is 0 Å². The summed E-state index contributed by atoms with van der Waals surface area (Å²) in [5.41, 5.74) is 1.30. The van der Waals surface area contributed by atoms with Gasteiger partial charge in [-0.05, 0) is 66.4 Å². The van der Waals surface area contributed by atoms with E-state index in [0.29, 0.717) is 23.8 Å². The van der Waals surface area contributed by atoms with Crippen LogP contribution >= 0.6 is 0 Å². The Bertz CT molecular complexity index is 1190. The van der Waals surface area contributed by atoms with E-state index in [2.05, 4.69) is 19.2 Å². The molecule has 7 nitrogen and oxygen atoms in total. The number of methoxy groups -OCH3 is 2. The van der Waals surface area contributed by atoms with Crippen LogP contribution < -0.4 is 19.1 Å². The predicted molar refractivity (Wildman–Crippen MR) is 137 cm³/mol. The molecule has 35 heavy (non-hydrogen) atoms. The third kappa shape index (κ3) is 6.76. The fraction of sp³-hybridized carbons (Fsp3) is 0.296. The Hall–Kier alpha value is -3.52. The zero-order valence-electron chi connectivity index (χ0n) is 20.5. The summed E-state index contributed by atoms with van der Waals surface area (Å²) in [7, 11) is -0.849. The maximum absolute atomic E-state index is 13.5. The van der Waals surface area contributed by atoms with Gasteiger partial charge in [0.25, 0.3) is 10.0 Å². The van der Waals surface area contributed by atoms with Gasteiger partial charge in [-0.15, -0.1) is 0 Å². The van der Waals surface area contributed by atoms with Crippen molar-refractivity contribution < 1.29 is 22.7 Å². The van der Waals surface area contributed by atoms with Gasteiger partial charge in [-0.25, -0.2) is 8.42 Å². The first-order valence-electron chi connectivity index (χ1n) is 11.4. The zero-order chi connectivity index (χ0) is 25.4. The van der Waals surface area contributed by atoms with E-state index in [1.807, 2.05) is 24.3 Å². The van der Waals surface area contributed by atoms with Gasteiger partial charge in [0.2, 0.25) is 5.91 Å². The number of carbonyl (C=O) groups is 1. The van der Waals surface area contributed by atoms with Crippen molar-refractivity contribution in [3.63, 3.8) is 0 Å². The van der Waals surface area contributed by atoms with Crippen molar-refractivity contribution in [1.29, 1.82) is 0 Å². The molecule has 3 aromatic carbocycles. The van der Waals surface area contributed by atoms with Crippen molar-refractivity contribution in [3.8, 4) is 11.5 Å². The SMILES string of the molecule is COc1ccc(C(CC(C)C)NC(=O)CN(c2ccc(OC)cc2)S(=O)(=O)c2ccccc2)cc1. The lowest BCUT2D eigenvalue weighted by Crippen LogP contribution is -2.42. The van der Waals surface area contributed by atoms with Crippen LogP contribution in [0.25, 0.3) is 0 Å². The third-order valence-electron chi connectivity index (χ3n) is 5.54. The van der Waals surface area contributed by atoms with Crippen LogP contribution in [0.1, 0.15) is 31.9 Å². The predicted octanol–water partition coefficient (Wildman–Crippen LogP) is 4.80. The molecule has 0 radical (unpaired) electrons. The molecule has 8 heteroatoms. The number of carbonyl (C=O) groups excluding carboxylic acids is 1. The molecule has 0 aliphatic carbocycles. The summed E-state index contributed by atoms with van der Waals surface area (Å²) in [6.07, 6.45) is 0.700. The molecule has 0 heterocycles. The molecule has 3 rings (SSSR count). The molecule has 1 N–H and O–H groups in total. The third-order valence-corrected chi connectivity index (χ3v) is 7.33. The van der Waals surface area contributed by atoms with E-state index in [-0.39, 0.29) is 17.5 Å². The number of benzene rings is 3. The van der Waals surface area contributed by atoms with E-state index < -0.39 is 15.9 Å². The Kier molecular flexibility index (Phi) is 8.76. The highest BCUT2D eigenvalue weighted by Gasteiger charge is 2.28. The smallest absolute Gasteiger partial charge is 0.264 e. The number of anilines is 1. The zero-order valence-corrected chi connectivity index (χ0v) is 21.3. The first kappa shape index (κ1) is 26.1. The first-order valence-corrected chi connectivity index (χ1v) is 12.8. The van der Waals surface area contributed by atoms with E-state index in [0.717, 1.165) is 15.6 Å². The minimum Gasteiger partial charge on any atom is -0.497 e. The Morgan fingerprint density at radius 1 is 0.857 bits per heavy atom. The van der Waals surface area contributed by atoms with Gasteiger partial charge in [0.05, 0.1) is 30.8 Å². The Morgan fingerprint density at radius 2 is 1.40 bits per heavy atom. The van der Waals surface area contributed by atoms with Gasteiger partial charge in [0.1, 0.15) is 18.0 Å². The van der Waals surface area contributed by atoms with Crippen LogP contribution in [0.15, 0.2) is 83.8 Å². The molecule has 0 aliphatic heterocycles. The molecule has 0 bridgehead atoms. The molecule has 0 aromatic heterocycles. The molecule has 1 atom stereocenters. The number of ether oxygens (including phenoxy) is 2. The molecule has 0 aliphatic rings. The van der Waals surface area contributed by atoms with Crippen LogP contribution in [0.5, 0.6) is 11.5 Å². The number of nitrogens with zero attached hydrogens (tertiary/aromatic N) is 1. The standard InChI is InChI=1S/C27H32N2O5S/c1-20(2)18-26(21-10-14-23(33-3)15-11-21)28-27(30)19-29(22-12-16-24(34-4)17-13-22)35(31,32)25-8-6-5-7-9-25/h5-17,20,26H,18-19H2,1-4H3,(H,28,30). The summed E-state index contributed by atoms with van der Waals surface area (Å²) >= 11 is 0. The van der Waals surface area contributed by atoms with Crippen LogP contribution in [0.4, 0.5) is 5.69 Å². The minimum absolute atomic E-state index is 0.109. The summed E-state index contributed by atoms with van der Waals surface area (Å²) < 4.78 is 38.6. The lowest BCUT2D eigenvalue weighted by Gasteiger charge is -2.26. The van der Waals surface area contributed by atoms with Crippen LogP contribution in [-0.4, -0.2) is 35.1 Å². The molecule has 1 unspecified atom stereocenters. The Morgan fingerprint density at radius 3 is 1.91 bits per heavy atom. The maximum atomic E-state index is 13.5. The summed E-state index contributed by atoms with van der Waals surface area (Å²) in [6.45, 7) is 3.78. The number of rotatable bonds is 11. The van der Waals surface area contributed by atoms with Gasteiger partial charge in [-0.2, -0.15) is 0 Å². The van der Waals surface area contributed by atoms with Gasteiger partial charge < -0.3 is 14.8 Å². The summed E-state index contributed by atoms with van der Waals surface area (Å²) in [5, 5.41) is 3.04. The highest BCUT2D eigenvalue weighted by atomic mass is 32.2. The first-order chi connectivity index (χ1) is 16.7. The van der Waals surface area contributed by atoms with Gasteiger partial charge in [0.15, 0.2) is 0 Å². The highest BCUT2D eigenvalue weighted by molar-refractivity contribution is 7.92. The van der Waals surface area contributed by atoms with E-state index in [1.54, 1.807) is 49.6 Å². The molecule has 3 aromatic rings. The Labute approximate surface area is 207 Å². The molecule has 0 spiro atoms. The average molecular weight is 497 g/mol. The summed E-state index contributed by atoms with van der Waals surface area (Å²) in [5.74, 6) is 1.23. The largest absolute Gasteiger partial charge is 0.497 e. The average Bonchev–Trinajstić information content (AvgIpc) is 2.87. The summed E-state index contributed by atoms with van der Waals surface area (Å²) in [6, 6.07) is 21.9.